The van der Waals surface area contributed by atoms with Crippen LogP contribution in [0.5, 0.6) is 11.5 Å². The average Bonchev–Trinajstić information content (AvgIpc) is 3.01. The van der Waals surface area contributed by atoms with Gasteiger partial charge in [0.25, 0.3) is 0 Å². The standard InChI is InChI=1S/C21H18BrNO4/c1-13(2)12-26-19-11-14(4-9-18(19)25-3)10-17-21(24)27-20(23-17)15-5-7-16(22)8-6-15/h4-11H,1,12H2,2-3H3. The number of hydrogen-bond donors (Lipinski definition) is 0. The molecule has 0 atom stereocenters. The Labute approximate surface area is 166 Å². The second kappa shape index (κ2) is 8.22. The third kappa shape index (κ3) is 4.65. The first-order valence-electron chi connectivity index (χ1n) is 8.20. The molecule has 5 nitrogen and oxygen atoms in total. The van der Waals surface area contributed by atoms with E-state index in [1.807, 2.05) is 37.3 Å². The molecule has 0 saturated carbocycles. The minimum absolute atomic E-state index is 0.226. The summed E-state index contributed by atoms with van der Waals surface area (Å²) in [4.78, 5) is 16.5. The van der Waals surface area contributed by atoms with Gasteiger partial charge in [0.05, 0.1) is 7.11 Å². The number of carbonyl (C=O) groups excluding carboxylic acids is 1. The van der Waals surface area contributed by atoms with Crippen LogP contribution in [0.2, 0.25) is 0 Å². The van der Waals surface area contributed by atoms with Crippen LogP contribution >= 0.6 is 15.9 Å². The van der Waals surface area contributed by atoms with Crippen LogP contribution < -0.4 is 9.47 Å². The van der Waals surface area contributed by atoms with Crippen LogP contribution in [0.25, 0.3) is 6.08 Å². The summed E-state index contributed by atoms with van der Waals surface area (Å²) in [5, 5.41) is 0. The third-order valence-electron chi connectivity index (χ3n) is 3.68. The van der Waals surface area contributed by atoms with Gasteiger partial charge in [-0.3, -0.25) is 0 Å². The lowest BCUT2D eigenvalue weighted by molar-refractivity contribution is -0.129. The van der Waals surface area contributed by atoms with Crippen LogP contribution in [0.4, 0.5) is 0 Å². The first-order chi connectivity index (χ1) is 13.0. The summed E-state index contributed by atoms with van der Waals surface area (Å²) in [6.07, 6.45) is 1.65. The Kier molecular flexibility index (Phi) is 5.76. The van der Waals surface area contributed by atoms with Crippen molar-refractivity contribution in [2.24, 2.45) is 4.99 Å². The molecule has 0 amide bonds. The van der Waals surface area contributed by atoms with Crippen molar-refractivity contribution in [2.75, 3.05) is 13.7 Å². The van der Waals surface area contributed by atoms with E-state index >= 15 is 0 Å². The van der Waals surface area contributed by atoms with Crippen molar-refractivity contribution in [3.63, 3.8) is 0 Å². The molecule has 6 heteroatoms. The molecule has 0 unspecified atom stereocenters. The predicted molar refractivity (Wildman–Crippen MR) is 108 cm³/mol. The van der Waals surface area contributed by atoms with Gasteiger partial charge >= 0.3 is 5.97 Å². The van der Waals surface area contributed by atoms with Gasteiger partial charge in [-0.25, -0.2) is 9.79 Å². The smallest absolute Gasteiger partial charge is 0.363 e. The second-order valence-corrected chi connectivity index (χ2v) is 6.91. The fourth-order valence-electron chi connectivity index (χ4n) is 2.38. The van der Waals surface area contributed by atoms with E-state index in [9.17, 15) is 4.79 Å². The topological polar surface area (TPSA) is 57.1 Å². The Morgan fingerprint density at radius 2 is 1.96 bits per heavy atom. The van der Waals surface area contributed by atoms with Gasteiger partial charge in [0.15, 0.2) is 17.2 Å². The first-order valence-corrected chi connectivity index (χ1v) is 8.99. The molecule has 0 radical (unpaired) electrons. The monoisotopic (exact) mass is 427 g/mol. The van der Waals surface area contributed by atoms with E-state index in [4.69, 9.17) is 14.2 Å². The van der Waals surface area contributed by atoms with Crippen molar-refractivity contribution in [1.29, 1.82) is 0 Å². The molecule has 0 saturated heterocycles. The number of benzene rings is 2. The van der Waals surface area contributed by atoms with E-state index in [1.165, 1.54) is 0 Å². The van der Waals surface area contributed by atoms with Gasteiger partial charge in [-0.05, 0) is 60.5 Å². The molecule has 0 N–H and O–H groups in total. The zero-order valence-electron chi connectivity index (χ0n) is 15.0. The molecule has 0 aromatic heterocycles. The van der Waals surface area contributed by atoms with Crippen LogP contribution in [0.15, 0.2) is 69.8 Å². The zero-order chi connectivity index (χ0) is 19.4. The first kappa shape index (κ1) is 18.9. The van der Waals surface area contributed by atoms with E-state index in [0.717, 1.165) is 21.2 Å². The Bertz CT molecular complexity index is 945. The van der Waals surface area contributed by atoms with E-state index in [2.05, 4.69) is 27.5 Å². The summed E-state index contributed by atoms with van der Waals surface area (Å²) >= 11 is 3.38. The molecule has 3 rings (SSSR count). The number of hydrogen-bond acceptors (Lipinski definition) is 5. The molecule has 0 aliphatic carbocycles. The Balaban J connectivity index is 1.88. The number of methoxy groups -OCH3 is 1. The van der Waals surface area contributed by atoms with Crippen molar-refractivity contribution in [2.45, 2.75) is 6.92 Å². The molecule has 2 aromatic rings. The van der Waals surface area contributed by atoms with Crippen molar-refractivity contribution in [1.82, 2.24) is 0 Å². The summed E-state index contributed by atoms with van der Waals surface area (Å²) < 4.78 is 17.2. The SMILES string of the molecule is C=C(C)COc1cc(C=C2N=C(c3ccc(Br)cc3)OC2=O)ccc1OC. The average molecular weight is 428 g/mol. The summed E-state index contributed by atoms with van der Waals surface area (Å²) in [6.45, 7) is 6.08. The Hall–Kier alpha value is -2.86. The molecule has 0 spiro atoms. The molecular formula is C21H18BrNO4. The van der Waals surface area contributed by atoms with Gasteiger partial charge in [-0.2, -0.15) is 0 Å². The largest absolute Gasteiger partial charge is 0.493 e. The van der Waals surface area contributed by atoms with Gasteiger partial charge < -0.3 is 14.2 Å². The molecule has 0 fully saturated rings. The number of ether oxygens (including phenoxy) is 3. The molecule has 27 heavy (non-hydrogen) atoms. The number of esters is 1. The molecule has 138 valence electrons. The lowest BCUT2D eigenvalue weighted by Crippen LogP contribution is -2.05. The van der Waals surface area contributed by atoms with Gasteiger partial charge in [-0.1, -0.05) is 28.6 Å². The summed E-state index contributed by atoms with van der Waals surface area (Å²) in [6, 6.07) is 12.8. The number of nitrogens with zero attached hydrogens (tertiary/aromatic N) is 1. The molecule has 1 aliphatic rings. The van der Waals surface area contributed by atoms with Gasteiger partial charge in [-0.15, -0.1) is 0 Å². The van der Waals surface area contributed by atoms with Crippen molar-refractivity contribution < 1.29 is 19.0 Å². The third-order valence-corrected chi connectivity index (χ3v) is 4.21. The quantitative estimate of drug-likeness (QED) is 0.378. The minimum atomic E-state index is -0.492. The van der Waals surface area contributed by atoms with Crippen LogP contribution in [-0.2, 0) is 9.53 Å². The number of halogens is 1. The minimum Gasteiger partial charge on any atom is -0.493 e. The lowest BCUT2D eigenvalue weighted by atomic mass is 10.1. The van der Waals surface area contributed by atoms with E-state index < -0.39 is 5.97 Å². The predicted octanol–water partition coefficient (Wildman–Crippen LogP) is 4.76. The highest BCUT2D eigenvalue weighted by Crippen LogP contribution is 2.30. The molecule has 1 aliphatic heterocycles. The van der Waals surface area contributed by atoms with Crippen molar-refractivity contribution in [3.05, 3.63) is 75.9 Å². The molecular weight excluding hydrogens is 410 g/mol. The van der Waals surface area contributed by atoms with Gasteiger partial charge in [0, 0.05) is 10.0 Å². The van der Waals surface area contributed by atoms with Crippen LogP contribution in [-0.4, -0.2) is 25.6 Å². The Morgan fingerprint density at radius 1 is 1.22 bits per heavy atom. The summed E-state index contributed by atoms with van der Waals surface area (Å²) in [5.74, 6) is 0.962. The molecule has 1 heterocycles. The number of carbonyl (C=O) groups is 1. The van der Waals surface area contributed by atoms with Gasteiger partial charge in [0.2, 0.25) is 5.90 Å². The highest BCUT2D eigenvalue weighted by Gasteiger charge is 2.24. The van der Waals surface area contributed by atoms with E-state index in [0.29, 0.717) is 18.1 Å². The normalized spacial score (nSPS) is 14.7. The Morgan fingerprint density at radius 3 is 2.63 bits per heavy atom. The second-order valence-electron chi connectivity index (χ2n) is 6.00. The summed E-state index contributed by atoms with van der Waals surface area (Å²) in [7, 11) is 1.57. The van der Waals surface area contributed by atoms with Crippen LogP contribution in [0.3, 0.4) is 0 Å². The number of rotatable bonds is 6. The highest BCUT2D eigenvalue weighted by molar-refractivity contribution is 9.10. The maximum atomic E-state index is 12.2. The van der Waals surface area contributed by atoms with E-state index in [1.54, 1.807) is 25.3 Å². The highest BCUT2D eigenvalue weighted by atomic mass is 79.9. The lowest BCUT2D eigenvalue weighted by Gasteiger charge is -2.11. The molecule has 2 aromatic carbocycles. The molecule has 0 bridgehead atoms. The van der Waals surface area contributed by atoms with Crippen LogP contribution in [0, 0.1) is 0 Å². The summed E-state index contributed by atoms with van der Waals surface area (Å²) in [5.41, 5.74) is 2.60. The fourth-order valence-corrected chi connectivity index (χ4v) is 2.64. The maximum Gasteiger partial charge on any atom is 0.363 e. The van der Waals surface area contributed by atoms with Crippen LogP contribution in [0.1, 0.15) is 18.1 Å². The number of cyclic esters (lactones) is 1. The fraction of sp³-hybridized carbons (Fsp3) is 0.143. The zero-order valence-corrected chi connectivity index (χ0v) is 16.6. The van der Waals surface area contributed by atoms with Crippen molar-refractivity contribution in [3.8, 4) is 11.5 Å². The number of aliphatic imine (C=N–C) groups is 1. The van der Waals surface area contributed by atoms with E-state index in [-0.39, 0.29) is 11.6 Å². The van der Waals surface area contributed by atoms with Gasteiger partial charge in [0.1, 0.15) is 6.61 Å². The van der Waals surface area contributed by atoms with Crippen molar-refractivity contribution >= 4 is 33.9 Å². The maximum absolute atomic E-state index is 12.2.